The Balaban J connectivity index is 1.59. The molecule has 3 rings (SSSR count). The molecule has 0 aromatic heterocycles. The highest BCUT2D eigenvalue weighted by Gasteiger charge is 2.30. The lowest BCUT2D eigenvalue weighted by Crippen LogP contribution is -2.50. The van der Waals surface area contributed by atoms with Crippen molar-refractivity contribution < 1.29 is 24.2 Å². The van der Waals surface area contributed by atoms with Gasteiger partial charge in [0.1, 0.15) is 12.6 Å². The molecule has 0 bridgehead atoms. The minimum atomic E-state index is -0.964. The number of aliphatic carboxylic acids is 1. The van der Waals surface area contributed by atoms with E-state index in [9.17, 15) is 14.4 Å². The highest BCUT2D eigenvalue weighted by Crippen LogP contribution is 2.44. The second-order valence-corrected chi connectivity index (χ2v) is 8.38. The Kier molecular flexibility index (Phi) is 8.46. The Hall–Kier alpha value is -3.35. The molecule has 2 amide bonds. The second kappa shape index (κ2) is 11.5. The van der Waals surface area contributed by atoms with Crippen molar-refractivity contribution in [2.24, 2.45) is 0 Å². The fraction of sp³-hybridized carbons (Fsp3) is 0.423. The summed E-state index contributed by atoms with van der Waals surface area (Å²) >= 11 is 0. The molecule has 1 unspecified atom stereocenters. The Morgan fingerprint density at radius 3 is 2.12 bits per heavy atom. The summed E-state index contributed by atoms with van der Waals surface area (Å²) in [6.07, 6.45) is 1.85. The molecule has 2 atom stereocenters. The van der Waals surface area contributed by atoms with Gasteiger partial charge in [-0.1, -0.05) is 75.2 Å². The van der Waals surface area contributed by atoms with E-state index >= 15 is 0 Å². The Morgan fingerprint density at radius 1 is 0.970 bits per heavy atom. The van der Waals surface area contributed by atoms with Crippen LogP contribution in [0.2, 0.25) is 0 Å². The number of alkyl carbamates (subject to hydrolysis) is 1. The Labute approximate surface area is 194 Å². The van der Waals surface area contributed by atoms with Crippen molar-refractivity contribution in [2.75, 3.05) is 6.61 Å². The van der Waals surface area contributed by atoms with Crippen LogP contribution in [0.1, 0.15) is 63.0 Å². The zero-order valence-electron chi connectivity index (χ0n) is 19.2. The number of carboxylic acid groups (broad SMARTS) is 1. The number of nitrogens with one attached hydrogen (secondary N) is 2. The van der Waals surface area contributed by atoms with Gasteiger partial charge >= 0.3 is 12.1 Å². The minimum Gasteiger partial charge on any atom is -0.481 e. The Morgan fingerprint density at radius 2 is 1.58 bits per heavy atom. The standard InChI is InChI=1S/C26H32N2O5/c1-3-5-10-17(15-24(29)30)27-25(31)23(4-2)28-26(32)33-16-22-20-13-8-6-11-18(20)19-12-7-9-14-21(19)22/h6-9,11-14,17,22-23H,3-5,10,15-16H2,1-2H3,(H,27,31)(H,28,32)(H,29,30)/t17?,23-/m0/s1. The fourth-order valence-electron chi connectivity index (χ4n) is 4.32. The molecule has 2 aromatic carbocycles. The summed E-state index contributed by atoms with van der Waals surface area (Å²) in [5.74, 6) is -1.42. The van der Waals surface area contributed by atoms with Crippen LogP contribution in [0.15, 0.2) is 48.5 Å². The lowest BCUT2D eigenvalue weighted by atomic mass is 9.98. The molecule has 176 valence electrons. The summed E-state index contributed by atoms with van der Waals surface area (Å²) in [7, 11) is 0. The lowest BCUT2D eigenvalue weighted by molar-refractivity contribution is -0.137. The molecule has 1 aliphatic carbocycles. The molecule has 0 fully saturated rings. The molecule has 7 heteroatoms. The molecule has 7 nitrogen and oxygen atoms in total. The number of ether oxygens (including phenoxy) is 1. The average Bonchev–Trinajstić information content (AvgIpc) is 3.13. The smallest absolute Gasteiger partial charge is 0.407 e. The zero-order valence-corrected chi connectivity index (χ0v) is 19.2. The van der Waals surface area contributed by atoms with E-state index < -0.39 is 30.1 Å². The van der Waals surface area contributed by atoms with Crippen LogP contribution in [0.4, 0.5) is 4.79 Å². The van der Waals surface area contributed by atoms with Gasteiger partial charge in [0.2, 0.25) is 5.91 Å². The number of hydrogen-bond acceptors (Lipinski definition) is 4. The zero-order chi connectivity index (χ0) is 23.8. The molecule has 0 heterocycles. The highest BCUT2D eigenvalue weighted by atomic mass is 16.5. The van der Waals surface area contributed by atoms with Gasteiger partial charge in [-0.3, -0.25) is 9.59 Å². The van der Waals surface area contributed by atoms with Gasteiger partial charge < -0.3 is 20.5 Å². The third-order valence-electron chi connectivity index (χ3n) is 6.03. The third kappa shape index (κ3) is 6.12. The molecule has 3 N–H and O–H groups in total. The van der Waals surface area contributed by atoms with Gasteiger partial charge in [0.15, 0.2) is 0 Å². The van der Waals surface area contributed by atoms with Crippen LogP contribution in [0.3, 0.4) is 0 Å². The number of carboxylic acids is 1. The van der Waals surface area contributed by atoms with Crippen molar-refractivity contribution in [2.45, 2.75) is 64.0 Å². The van der Waals surface area contributed by atoms with Crippen LogP contribution in [-0.2, 0) is 14.3 Å². The molecule has 2 aromatic rings. The van der Waals surface area contributed by atoms with Gasteiger partial charge in [-0.2, -0.15) is 0 Å². The summed E-state index contributed by atoms with van der Waals surface area (Å²) < 4.78 is 5.53. The number of hydrogen-bond donors (Lipinski definition) is 3. The molecule has 1 aliphatic rings. The summed E-state index contributed by atoms with van der Waals surface area (Å²) in [5, 5.41) is 14.5. The van der Waals surface area contributed by atoms with Gasteiger partial charge in [0.25, 0.3) is 0 Å². The second-order valence-electron chi connectivity index (χ2n) is 8.38. The molecule has 0 saturated carbocycles. The molecule has 0 radical (unpaired) electrons. The summed E-state index contributed by atoms with van der Waals surface area (Å²) in [4.78, 5) is 36.3. The first-order chi connectivity index (χ1) is 15.9. The largest absolute Gasteiger partial charge is 0.481 e. The maximum absolute atomic E-state index is 12.7. The van der Waals surface area contributed by atoms with Crippen molar-refractivity contribution in [3.05, 3.63) is 59.7 Å². The first-order valence-electron chi connectivity index (χ1n) is 11.6. The number of carbonyl (C=O) groups is 3. The SMILES string of the molecule is CCCCC(CC(=O)O)NC(=O)[C@H](CC)NC(=O)OCC1c2ccccc2-c2ccccc21. The van der Waals surface area contributed by atoms with Gasteiger partial charge in [-0.15, -0.1) is 0 Å². The number of carbonyl (C=O) groups excluding carboxylic acids is 2. The fourth-order valence-corrected chi connectivity index (χ4v) is 4.32. The molecule has 33 heavy (non-hydrogen) atoms. The van der Waals surface area contributed by atoms with E-state index in [1.807, 2.05) is 43.3 Å². The summed E-state index contributed by atoms with van der Waals surface area (Å²) in [6.45, 7) is 3.95. The van der Waals surface area contributed by atoms with E-state index in [0.717, 1.165) is 35.1 Å². The third-order valence-corrected chi connectivity index (χ3v) is 6.03. The highest BCUT2D eigenvalue weighted by molar-refractivity contribution is 5.86. The monoisotopic (exact) mass is 452 g/mol. The van der Waals surface area contributed by atoms with Crippen molar-refractivity contribution in [3.63, 3.8) is 0 Å². The normalized spacial score (nSPS) is 14.0. The summed E-state index contributed by atoms with van der Waals surface area (Å²) in [5.41, 5.74) is 4.52. The maximum atomic E-state index is 12.7. The number of benzene rings is 2. The van der Waals surface area contributed by atoms with E-state index in [1.165, 1.54) is 0 Å². The molecule has 0 spiro atoms. The van der Waals surface area contributed by atoms with E-state index in [-0.39, 0.29) is 18.9 Å². The van der Waals surface area contributed by atoms with E-state index in [1.54, 1.807) is 6.92 Å². The van der Waals surface area contributed by atoms with Gasteiger partial charge in [0, 0.05) is 12.0 Å². The number of amides is 2. The van der Waals surface area contributed by atoms with Crippen molar-refractivity contribution in [1.82, 2.24) is 10.6 Å². The van der Waals surface area contributed by atoms with Gasteiger partial charge in [0.05, 0.1) is 6.42 Å². The molecule has 0 saturated heterocycles. The van der Waals surface area contributed by atoms with Gasteiger partial charge in [-0.05, 0) is 35.1 Å². The predicted octanol–water partition coefficient (Wildman–Crippen LogP) is 4.45. The Bertz CT molecular complexity index is 945. The predicted molar refractivity (Wildman–Crippen MR) is 126 cm³/mol. The van der Waals surface area contributed by atoms with Crippen LogP contribution in [0, 0.1) is 0 Å². The number of unbranched alkanes of at least 4 members (excludes halogenated alkanes) is 1. The van der Waals surface area contributed by atoms with Crippen LogP contribution in [0.25, 0.3) is 11.1 Å². The van der Waals surface area contributed by atoms with E-state index in [0.29, 0.717) is 12.8 Å². The van der Waals surface area contributed by atoms with Crippen molar-refractivity contribution >= 4 is 18.0 Å². The van der Waals surface area contributed by atoms with Crippen molar-refractivity contribution in [3.8, 4) is 11.1 Å². The van der Waals surface area contributed by atoms with E-state index in [2.05, 4.69) is 22.8 Å². The molecule has 0 aliphatic heterocycles. The lowest BCUT2D eigenvalue weighted by Gasteiger charge is -2.22. The minimum absolute atomic E-state index is 0.0638. The van der Waals surface area contributed by atoms with Gasteiger partial charge in [-0.25, -0.2) is 4.79 Å². The van der Waals surface area contributed by atoms with E-state index in [4.69, 9.17) is 9.84 Å². The topological polar surface area (TPSA) is 105 Å². The number of rotatable bonds is 11. The summed E-state index contributed by atoms with van der Waals surface area (Å²) in [6, 6.07) is 14.9. The van der Waals surface area contributed by atoms with Crippen LogP contribution < -0.4 is 10.6 Å². The quantitative estimate of drug-likeness (QED) is 0.467. The maximum Gasteiger partial charge on any atom is 0.407 e. The first kappa shape index (κ1) is 24.3. The number of fused-ring (bicyclic) bond motifs is 3. The molecular formula is C26H32N2O5. The average molecular weight is 453 g/mol. The van der Waals surface area contributed by atoms with Crippen LogP contribution >= 0.6 is 0 Å². The van der Waals surface area contributed by atoms with Crippen molar-refractivity contribution in [1.29, 1.82) is 0 Å². The molecular weight excluding hydrogens is 420 g/mol. The van der Waals surface area contributed by atoms with Crippen LogP contribution in [-0.4, -0.2) is 41.8 Å². The van der Waals surface area contributed by atoms with Crippen LogP contribution in [0.5, 0.6) is 0 Å². The first-order valence-corrected chi connectivity index (χ1v) is 11.6.